The molecule has 0 saturated carbocycles. The van der Waals surface area contributed by atoms with Gasteiger partial charge in [-0.05, 0) is 49.9 Å². The zero-order chi connectivity index (χ0) is 19.6. The van der Waals surface area contributed by atoms with Crippen LogP contribution in [-0.2, 0) is 17.9 Å². The Morgan fingerprint density at radius 3 is 2.74 bits per heavy atom. The van der Waals surface area contributed by atoms with Crippen LogP contribution in [0.4, 0.5) is 0 Å². The SMILES string of the molecule is CCOCc1cc(CN2CCN(CCC(C)C)C(CCO)C2)ccc1OC. The Morgan fingerprint density at radius 1 is 1.26 bits per heavy atom. The highest BCUT2D eigenvalue weighted by Gasteiger charge is 2.26. The molecule has 1 aliphatic rings. The van der Waals surface area contributed by atoms with Crippen molar-refractivity contribution in [2.75, 3.05) is 46.5 Å². The maximum atomic E-state index is 9.49. The highest BCUT2D eigenvalue weighted by molar-refractivity contribution is 5.37. The van der Waals surface area contributed by atoms with Crippen molar-refractivity contribution in [1.82, 2.24) is 9.80 Å². The molecule has 2 rings (SSSR count). The average molecular weight is 379 g/mol. The predicted molar refractivity (Wildman–Crippen MR) is 110 cm³/mol. The number of hydrogen-bond donors (Lipinski definition) is 1. The van der Waals surface area contributed by atoms with Crippen molar-refractivity contribution in [2.45, 2.75) is 52.8 Å². The van der Waals surface area contributed by atoms with E-state index in [0.29, 0.717) is 19.3 Å². The van der Waals surface area contributed by atoms with Gasteiger partial charge in [-0.2, -0.15) is 0 Å². The number of aliphatic hydroxyl groups excluding tert-OH is 1. The lowest BCUT2D eigenvalue weighted by molar-refractivity contribution is 0.0523. The smallest absolute Gasteiger partial charge is 0.124 e. The zero-order valence-electron chi connectivity index (χ0n) is 17.6. The molecule has 5 heteroatoms. The van der Waals surface area contributed by atoms with E-state index in [-0.39, 0.29) is 6.61 Å². The van der Waals surface area contributed by atoms with Gasteiger partial charge in [0.25, 0.3) is 0 Å². The fraction of sp³-hybridized carbons (Fsp3) is 0.727. The molecule has 0 aromatic heterocycles. The molecule has 1 unspecified atom stereocenters. The number of aliphatic hydroxyl groups is 1. The minimum atomic E-state index is 0.262. The molecule has 1 aromatic rings. The molecule has 27 heavy (non-hydrogen) atoms. The highest BCUT2D eigenvalue weighted by Crippen LogP contribution is 2.23. The molecule has 1 aromatic carbocycles. The van der Waals surface area contributed by atoms with Crippen molar-refractivity contribution in [3.05, 3.63) is 29.3 Å². The van der Waals surface area contributed by atoms with Crippen LogP contribution in [0.25, 0.3) is 0 Å². The minimum absolute atomic E-state index is 0.262. The van der Waals surface area contributed by atoms with Crippen LogP contribution in [0.2, 0.25) is 0 Å². The second-order valence-corrected chi connectivity index (χ2v) is 7.90. The number of methoxy groups -OCH3 is 1. The van der Waals surface area contributed by atoms with Gasteiger partial charge in [-0.1, -0.05) is 19.9 Å². The first-order valence-corrected chi connectivity index (χ1v) is 10.4. The zero-order valence-corrected chi connectivity index (χ0v) is 17.6. The third-order valence-electron chi connectivity index (χ3n) is 5.36. The standard InChI is InChI=1S/C22H38N2O3/c1-5-27-17-20-14-19(6-7-22(20)26-4)15-23-11-12-24(10-8-18(2)3)21(16-23)9-13-25/h6-7,14,18,21,25H,5,8-13,15-17H2,1-4H3. The summed E-state index contributed by atoms with van der Waals surface area (Å²) >= 11 is 0. The monoisotopic (exact) mass is 378 g/mol. The highest BCUT2D eigenvalue weighted by atomic mass is 16.5. The quantitative estimate of drug-likeness (QED) is 0.641. The Labute approximate surface area is 165 Å². The van der Waals surface area contributed by atoms with Crippen LogP contribution in [0.15, 0.2) is 18.2 Å². The Balaban J connectivity index is 1.98. The molecule has 1 saturated heterocycles. The van der Waals surface area contributed by atoms with Gasteiger partial charge in [0.05, 0.1) is 13.7 Å². The first-order chi connectivity index (χ1) is 13.1. The van der Waals surface area contributed by atoms with E-state index in [4.69, 9.17) is 9.47 Å². The number of piperazine rings is 1. The van der Waals surface area contributed by atoms with Crippen LogP contribution in [0.3, 0.4) is 0 Å². The van der Waals surface area contributed by atoms with Crippen molar-refractivity contribution in [3.63, 3.8) is 0 Å². The van der Waals surface area contributed by atoms with Crippen molar-refractivity contribution in [2.24, 2.45) is 5.92 Å². The van der Waals surface area contributed by atoms with Crippen LogP contribution in [0.5, 0.6) is 5.75 Å². The summed E-state index contributed by atoms with van der Waals surface area (Å²) < 4.78 is 11.1. The molecular weight excluding hydrogens is 340 g/mol. The van der Waals surface area contributed by atoms with Crippen LogP contribution >= 0.6 is 0 Å². The number of benzene rings is 1. The molecule has 0 aliphatic carbocycles. The Morgan fingerprint density at radius 2 is 2.07 bits per heavy atom. The molecule has 0 spiro atoms. The molecule has 1 N–H and O–H groups in total. The molecule has 0 radical (unpaired) electrons. The summed E-state index contributed by atoms with van der Waals surface area (Å²) in [4.78, 5) is 5.08. The van der Waals surface area contributed by atoms with Gasteiger partial charge in [0.2, 0.25) is 0 Å². The summed E-state index contributed by atoms with van der Waals surface area (Å²) in [5, 5.41) is 9.49. The predicted octanol–water partition coefficient (Wildman–Crippen LogP) is 3.15. The molecule has 0 bridgehead atoms. The van der Waals surface area contributed by atoms with E-state index in [2.05, 4.69) is 35.8 Å². The van der Waals surface area contributed by atoms with Crippen LogP contribution in [0.1, 0.15) is 44.7 Å². The number of rotatable bonds is 11. The van der Waals surface area contributed by atoms with Gasteiger partial charge in [0.15, 0.2) is 0 Å². The van der Waals surface area contributed by atoms with Gasteiger partial charge in [0, 0.05) is 51.0 Å². The van der Waals surface area contributed by atoms with Crippen molar-refractivity contribution < 1.29 is 14.6 Å². The third-order valence-corrected chi connectivity index (χ3v) is 5.36. The summed E-state index contributed by atoms with van der Waals surface area (Å²) in [7, 11) is 1.71. The molecule has 5 nitrogen and oxygen atoms in total. The normalized spacial score (nSPS) is 19.0. The number of nitrogens with zero attached hydrogens (tertiary/aromatic N) is 2. The van der Waals surface area contributed by atoms with Crippen LogP contribution in [0, 0.1) is 5.92 Å². The molecule has 1 fully saturated rings. The van der Waals surface area contributed by atoms with E-state index in [1.165, 1.54) is 12.0 Å². The maximum absolute atomic E-state index is 9.49. The van der Waals surface area contributed by atoms with E-state index in [0.717, 1.165) is 56.4 Å². The summed E-state index contributed by atoms with van der Waals surface area (Å²) in [6, 6.07) is 6.86. The topological polar surface area (TPSA) is 45.2 Å². The Hall–Kier alpha value is -1.14. The van der Waals surface area contributed by atoms with E-state index >= 15 is 0 Å². The van der Waals surface area contributed by atoms with E-state index < -0.39 is 0 Å². The number of hydrogen-bond acceptors (Lipinski definition) is 5. The largest absolute Gasteiger partial charge is 0.496 e. The lowest BCUT2D eigenvalue weighted by atomic mass is 10.0. The van der Waals surface area contributed by atoms with Gasteiger partial charge in [-0.25, -0.2) is 0 Å². The lowest BCUT2D eigenvalue weighted by Crippen LogP contribution is -2.53. The summed E-state index contributed by atoms with van der Waals surface area (Å²) in [5.74, 6) is 1.62. The van der Waals surface area contributed by atoms with Crippen molar-refractivity contribution in [1.29, 1.82) is 0 Å². The van der Waals surface area contributed by atoms with Crippen molar-refractivity contribution in [3.8, 4) is 5.75 Å². The lowest BCUT2D eigenvalue weighted by Gasteiger charge is -2.41. The van der Waals surface area contributed by atoms with E-state index in [1.54, 1.807) is 7.11 Å². The average Bonchev–Trinajstić information content (AvgIpc) is 2.66. The summed E-state index contributed by atoms with van der Waals surface area (Å²) in [6.07, 6.45) is 2.08. The maximum Gasteiger partial charge on any atom is 0.124 e. The first-order valence-electron chi connectivity index (χ1n) is 10.4. The van der Waals surface area contributed by atoms with Gasteiger partial charge >= 0.3 is 0 Å². The second kappa shape index (κ2) is 11.6. The molecule has 0 amide bonds. The molecule has 1 aliphatic heterocycles. The number of ether oxygens (including phenoxy) is 2. The second-order valence-electron chi connectivity index (χ2n) is 7.90. The van der Waals surface area contributed by atoms with Crippen LogP contribution < -0.4 is 4.74 Å². The van der Waals surface area contributed by atoms with Gasteiger partial charge in [0.1, 0.15) is 5.75 Å². The van der Waals surface area contributed by atoms with Crippen molar-refractivity contribution >= 4 is 0 Å². The fourth-order valence-corrected chi connectivity index (χ4v) is 3.76. The molecule has 1 atom stereocenters. The van der Waals surface area contributed by atoms with Gasteiger partial charge in [-0.3, -0.25) is 9.80 Å². The summed E-state index contributed by atoms with van der Waals surface area (Å²) in [6.45, 7) is 13.4. The van der Waals surface area contributed by atoms with Gasteiger partial charge < -0.3 is 14.6 Å². The van der Waals surface area contributed by atoms with E-state index in [1.807, 2.05) is 13.0 Å². The van der Waals surface area contributed by atoms with Crippen LogP contribution in [-0.4, -0.2) is 67.5 Å². The Kier molecular flexibility index (Phi) is 9.56. The fourth-order valence-electron chi connectivity index (χ4n) is 3.76. The molecular formula is C22H38N2O3. The van der Waals surface area contributed by atoms with Gasteiger partial charge in [-0.15, -0.1) is 0 Å². The Bertz CT molecular complexity index is 550. The molecule has 1 heterocycles. The molecule has 154 valence electrons. The minimum Gasteiger partial charge on any atom is -0.496 e. The third kappa shape index (κ3) is 7.07. The van der Waals surface area contributed by atoms with E-state index in [9.17, 15) is 5.11 Å². The summed E-state index contributed by atoms with van der Waals surface area (Å²) in [5.41, 5.74) is 2.41. The first kappa shape index (κ1) is 22.2.